The number of hydrogen-bond acceptors (Lipinski definition) is 3. The molecule has 0 aliphatic carbocycles. The summed E-state index contributed by atoms with van der Waals surface area (Å²) in [5.74, 6) is 0.386. The van der Waals surface area contributed by atoms with Gasteiger partial charge in [-0.1, -0.05) is 37.3 Å². The zero-order valence-corrected chi connectivity index (χ0v) is 17.6. The Morgan fingerprint density at radius 2 is 1.82 bits per heavy atom. The minimum Gasteiger partial charge on any atom is -0.467 e. The summed E-state index contributed by atoms with van der Waals surface area (Å²) < 4.78 is 5.43. The van der Waals surface area contributed by atoms with Crippen LogP contribution in [0.1, 0.15) is 38.5 Å². The van der Waals surface area contributed by atoms with Crippen LogP contribution in [0.25, 0.3) is 0 Å². The van der Waals surface area contributed by atoms with Gasteiger partial charge < -0.3 is 14.2 Å². The lowest BCUT2D eigenvalue weighted by Crippen LogP contribution is -2.48. The molecular weight excluding hydrogens is 376 g/mol. The number of alkyl halides is 1. The van der Waals surface area contributed by atoms with Crippen molar-refractivity contribution in [1.82, 2.24) is 9.80 Å². The van der Waals surface area contributed by atoms with E-state index in [0.717, 1.165) is 18.4 Å². The van der Waals surface area contributed by atoms with Crippen molar-refractivity contribution in [3.8, 4) is 0 Å². The van der Waals surface area contributed by atoms with Crippen molar-refractivity contribution in [2.75, 3.05) is 13.1 Å². The molecule has 28 heavy (non-hydrogen) atoms. The van der Waals surface area contributed by atoms with E-state index in [9.17, 15) is 9.59 Å². The van der Waals surface area contributed by atoms with E-state index in [1.54, 1.807) is 29.1 Å². The normalized spacial score (nSPS) is 13.0. The number of benzene rings is 1. The van der Waals surface area contributed by atoms with Crippen LogP contribution >= 0.6 is 11.6 Å². The SMILES string of the molecule is CCC(C)N(CC(=O)N(CCc1ccccc1)Cc1ccco1)C(=O)C(C)Cl. The molecule has 2 rings (SSSR count). The summed E-state index contributed by atoms with van der Waals surface area (Å²) in [4.78, 5) is 28.9. The Morgan fingerprint density at radius 1 is 1.11 bits per heavy atom. The third-order valence-corrected chi connectivity index (χ3v) is 5.03. The number of carbonyl (C=O) groups is 2. The minimum absolute atomic E-state index is 0.0143. The number of carbonyl (C=O) groups excluding carboxylic acids is 2. The minimum atomic E-state index is -0.662. The van der Waals surface area contributed by atoms with E-state index < -0.39 is 5.38 Å². The predicted molar refractivity (Wildman–Crippen MR) is 111 cm³/mol. The largest absolute Gasteiger partial charge is 0.467 e. The number of nitrogens with zero attached hydrogens (tertiary/aromatic N) is 2. The number of hydrogen-bond donors (Lipinski definition) is 0. The van der Waals surface area contributed by atoms with Crippen LogP contribution in [0.4, 0.5) is 0 Å². The molecule has 1 heterocycles. The van der Waals surface area contributed by atoms with E-state index in [4.69, 9.17) is 16.0 Å². The monoisotopic (exact) mass is 404 g/mol. The summed E-state index contributed by atoms with van der Waals surface area (Å²) in [5, 5.41) is -0.662. The number of rotatable bonds is 10. The first-order chi connectivity index (χ1) is 13.4. The van der Waals surface area contributed by atoms with Gasteiger partial charge in [0.05, 0.1) is 12.8 Å². The molecule has 0 aliphatic rings. The summed E-state index contributed by atoms with van der Waals surface area (Å²) in [7, 11) is 0. The van der Waals surface area contributed by atoms with Crippen LogP contribution in [0, 0.1) is 0 Å². The van der Waals surface area contributed by atoms with Crippen molar-refractivity contribution in [2.24, 2.45) is 0 Å². The molecule has 152 valence electrons. The number of halogens is 1. The second kappa shape index (κ2) is 10.9. The lowest BCUT2D eigenvalue weighted by atomic mass is 10.1. The molecule has 0 radical (unpaired) electrons. The molecule has 0 spiro atoms. The summed E-state index contributed by atoms with van der Waals surface area (Å²) in [6, 6.07) is 13.6. The van der Waals surface area contributed by atoms with Gasteiger partial charge in [0.25, 0.3) is 0 Å². The van der Waals surface area contributed by atoms with Crippen molar-refractivity contribution in [1.29, 1.82) is 0 Å². The molecule has 0 fully saturated rings. The van der Waals surface area contributed by atoms with Gasteiger partial charge in [-0.15, -0.1) is 11.6 Å². The van der Waals surface area contributed by atoms with Crippen LogP contribution < -0.4 is 0 Å². The van der Waals surface area contributed by atoms with Gasteiger partial charge >= 0.3 is 0 Å². The van der Waals surface area contributed by atoms with Crippen molar-refractivity contribution < 1.29 is 14.0 Å². The standard InChI is InChI=1S/C22H29ClN2O3/c1-4-17(2)25(22(27)18(3)23)16-21(26)24(15-20-11-8-14-28-20)13-12-19-9-6-5-7-10-19/h5-11,14,17-18H,4,12-13,15-16H2,1-3H3. The zero-order chi connectivity index (χ0) is 20.5. The second-order valence-corrected chi connectivity index (χ2v) is 7.62. The molecule has 0 bridgehead atoms. The van der Waals surface area contributed by atoms with Crippen molar-refractivity contribution in [3.63, 3.8) is 0 Å². The first-order valence-electron chi connectivity index (χ1n) is 9.71. The fraction of sp³-hybridized carbons (Fsp3) is 0.455. The van der Waals surface area contributed by atoms with Crippen LogP contribution in [-0.2, 0) is 22.6 Å². The third kappa shape index (κ3) is 6.41. The molecule has 0 saturated carbocycles. The van der Waals surface area contributed by atoms with Gasteiger partial charge in [-0.25, -0.2) is 0 Å². The number of furan rings is 1. The molecule has 0 aliphatic heterocycles. The average Bonchev–Trinajstić information content (AvgIpc) is 3.21. The highest BCUT2D eigenvalue weighted by atomic mass is 35.5. The molecule has 5 nitrogen and oxygen atoms in total. The van der Waals surface area contributed by atoms with Crippen LogP contribution in [-0.4, -0.2) is 46.1 Å². The summed E-state index contributed by atoms with van der Waals surface area (Å²) in [5.41, 5.74) is 1.16. The van der Waals surface area contributed by atoms with E-state index in [2.05, 4.69) is 0 Å². The molecule has 1 aromatic carbocycles. The van der Waals surface area contributed by atoms with Gasteiger partial charge in [0.2, 0.25) is 11.8 Å². The Bertz CT molecular complexity index is 732. The zero-order valence-electron chi connectivity index (χ0n) is 16.8. The molecule has 2 amide bonds. The first kappa shape index (κ1) is 22.0. The second-order valence-electron chi connectivity index (χ2n) is 6.97. The fourth-order valence-electron chi connectivity index (χ4n) is 2.94. The van der Waals surface area contributed by atoms with Crippen LogP contribution in [0.15, 0.2) is 53.1 Å². The first-order valence-corrected chi connectivity index (χ1v) is 10.1. The maximum atomic E-state index is 13.1. The van der Waals surface area contributed by atoms with Crippen LogP contribution in [0.5, 0.6) is 0 Å². The maximum Gasteiger partial charge on any atom is 0.242 e. The Hall–Kier alpha value is -2.27. The quantitative estimate of drug-likeness (QED) is 0.560. The summed E-state index contributed by atoms with van der Waals surface area (Å²) in [6.07, 6.45) is 3.08. The van der Waals surface area contributed by atoms with Crippen molar-refractivity contribution >= 4 is 23.4 Å². The molecule has 2 aromatic rings. The molecule has 2 unspecified atom stereocenters. The molecule has 1 aromatic heterocycles. The average molecular weight is 405 g/mol. The molecule has 6 heteroatoms. The molecule has 0 saturated heterocycles. The van der Waals surface area contributed by atoms with E-state index in [-0.39, 0.29) is 24.4 Å². The third-order valence-electron chi connectivity index (χ3n) is 4.84. The van der Waals surface area contributed by atoms with Gasteiger partial charge in [0, 0.05) is 12.6 Å². The molecule has 2 atom stereocenters. The van der Waals surface area contributed by atoms with Crippen LogP contribution in [0.3, 0.4) is 0 Å². The fourth-order valence-corrected chi connectivity index (χ4v) is 3.06. The van der Waals surface area contributed by atoms with E-state index >= 15 is 0 Å². The molecule has 0 N–H and O–H groups in total. The Morgan fingerprint density at radius 3 is 2.39 bits per heavy atom. The maximum absolute atomic E-state index is 13.1. The topological polar surface area (TPSA) is 53.8 Å². The van der Waals surface area contributed by atoms with E-state index in [1.807, 2.05) is 50.2 Å². The van der Waals surface area contributed by atoms with Crippen molar-refractivity contribution in [3.05, 3.63) is 60.1 Å². The summed E-state index contributed by atoms with van der Waals surface area (Å²) in [6.45, 7) is 6.50. The lowest BCUT2D eigenvalue weighted by molar-refractivity contribution is -0.142. The van der Waals surface area contributed by atoms with Gasteiger partial charge in [0.1, 0.15) is 17.7 Å². The predicted octanol–water partition coefficient (Wildman–Crippen LogP) is 4.11. The Balaban J connectivity index is 2.12. The lowest BCUT2D eigenvalue weighted by Gasteiger charge is -2.31. The van der Waals surface area contributed by atoms with Gasteiger partial charge in [-0.05, 0) is 44.4 Å². The van der Waals surface area contributed by atoms with E-state index in [1.165, 1.54) is 0 Å². The smallest absolute Gasteiger partial charge is 0.242 e. The van der Waals surface area contributed by atoms with E-state index in [0.29, 0.717) is 18.8 Å². The van der Waals surface area contributed by atoms with Gasteiger partial charge in [-0.2, -0.15) is 0 Å². The molecular formula is C22H29ClN2O3. The Kier molecular flexibility index (Phi) is 8.58. The highest BCUT2D eigenvalue weighted by molar-refractivity contribution is 6.30. The highest BCUT2D eigenvalue weighted by Crippen LogP contribution is 2.13. The van der Waals surface area contributed by atoms with Gasteiger partial charge in [0.15, 0.2) is 0 Å². The summed E-state index contributed by atoms with van der Waals surface area (Å²) >= 11 is 6.01. The van der Waals surface area contributed by atoms with Gasteiger partial charge in [-0.3, -0.25) is 9.59 Å². The van der Waals surface area contributed by atoms with Crippen LogP contribution in [0.2, 0.25) is 0 Å². The highest BCUT2D eigenvalue weighted by Gasteiger charge is 2.27. The Labute approximate surface area is 172 Å². The number of amides is 2. The van der Waals surface area contributed by atoms with Crippen molar-refractivity contribution in [2.45, 2.75) is 51.6 Å².